The van der Waals surface area contributed by atoms with Crippen molar-refractivity contribution in [2.45, 2.75) is 52.9 Å². The van der Waals surface area contributed by atoms with Crippen LogP contribution in [-0.4, -0.2) is 31.1 Å². The van der Waals surface area contributed by atoms with E-state index in [1.165, 1.54) is 29.0 Å². The summed E-state index contributed by atoms with van der Waals surface area (Å²) in [6.07, 6.45) is 8.74. The van der Waals surface area contributed by atoms with Gasteiger partial charge in [0.05, 0.1) is 4.91 Å². The topological polar surface area (TPSA) is 63.9 Å². The lowest BCUT2D eigenvalue weighted by atomic mass is 10.1. The van der Waals surface area contributed by atoms with Gasteiger partial charge in [-0.15, -0.1) is 0 Å². The Kier molecular flexibility index (Phi) is 8.03. The van der Waals surface area contributed by atoms with Gasteiger partial charge in [0.25, 0.3) is 11.5 Å². The molecule has 0 bridgehead atoms. The molecule has 0 saturated carbocycles. The average molecular weight is 508 g/mol. The fourth-order valence-electron chi connectivity index (χ4n) is 3.97. The van der Waals surface area contributed by atoms with Crippen molar-refractivity contribution in [2.24, 2.45) is 0 Å². The third-order valence-corrected chi connectivity index (χ3v) is 7.36. The quantitative estimate of drug-likeness (QED) is 0.193. The van der Waals surface area contributed by atoms with Crippen molar-refractivity contribution in [1.29, 1.82) is 0 Å². The lowest BCUT2D eigenvalue weighted by molar-refractivity contribution is -0.122. The molecule has 0 atom stereocenters. The average Bonchev–Trinajstić information content (AvgIpc) is 3.10. The van der Waals surface area contributed by atoms with E-state index in [-0.39, 0.29) is 22.9 Å². The molecule has 1 aliphatic heterocycles. The summed E-state index contributed by atoms with van der Waals surface area (Å²) in [7, 11) is 0. The normalized spacial score (nSPS) is 14.9. The molecule has 3 heterocycles. The highest BCUT2D eigenvalue weighted by Gasteiger charge is 2.32. The number of ether oxygens (including phenoxy) is 1. The summed E-state index contributed by atoms with van der Waals surface area (Å²) in [5.41, 5.74) is 2.20. The minimum atomic E-state index is -0.299. The van der Waals surface area contributed by atoms with E-state index in [0.717, 1.165) is 30.4 Å². The van der Waals surface area contributed by atoms with Crippen molar-refractivity contribution in [3.8, 4) is 11.6 Å². The molecule has 3 aromatic rings. The van der Waals surface area contributed by atoms with E-state index in [0.29, 0.717) is 27.2 Å². The number of hydrogen-bond donors (Lipinski definition) is 0. The van der Waals surface area contributed by atoms with E-state index in [9.17, 15) is 9.59 Å². The summed E-state index contributed by atoms with van der Waals surface area (Å²) in [5.74, 6) is 0.598. The number of thioether (sulfide) groups is 1. The molecule has 0 N–H and O–H groups in total. The molecular weight excluding hydrogens is 478 g/mol. The first-order valence-electron chi connectivity index (χ1n) is 11.9. The van der Waals surface area contributed by atoms with Crippen LogP contribution in [-0.2, 0) is 4.79 Å². The Morgan fingerprint density at radius 3 is 2.54 bits per heavy atom. The smallest absolute Gasteiger partial charge is 0.269 e. The van der Waals surface area contributed by atoms with Crippen LogP contribution in [0.25, 0.3) is 11.7 Å². The second-order valence-electron chi connectivity index (χ2n) is 8.64. The summed E-state index contributed by atoms with van der Waals surface area (Å²) < 4.78 is 8.15. The highest BCUT2D eigenvalue weighted by atomic mass is 32.2. The molecule has 35 heavy (non-hydrogen) atoms. The van der Waals surface area contributed by atoms with Gasteiger partial charge in [0.1, 0.15) is 21.3 Å². The van der Waals surface area contributed by atoms with Gasteiger partial charge in [-0.2, -0.15) is 4.98 Å². The van der Waals surface area contributed by atoms with Crippen LogP contribution in [0, 0.1) is 13.8 Å². The molecule has 1 aliphatic rings. The van der Waals surface area contributed by atoms with Crippen molar-refractivity contribution in [1.82, 2.24) is 14.3 Å². The number of para-hydroxylation sites is 1. The largest absolute Gasteiger partial charge is 0.438 e. The second kappa shape index (κ2) is 11.2. The molecule has 1 aromatic carbocycles. The number of pyridine rings is 1. The molecule has 2 aromatic heterocycles. The van der Waals surface area contributed by atoms with Gasteiger partial charge in [-0.25, -0.2) is 0 Å². The lowest BCUT2D eigenvalue weighted by Crippen LogP contribution is -2.29. The molecule has 1 amide bonds. The van der Waals surface area contributed by atoms with Gasteiger partial charge < -0.3 is 4.74 Å². The second-order valence-corrected chi connectivity index (χ2v) is 10.3. The summed E-state index contributed by atoms with van der Waals surface area (Å²) in [6, 6.07) is 11.2. The third-order valence-electron chi connectivity index (χ3n) is 5.98. The molecule has 4 rings (SSSR count). The van der Waals surface area contributed by atoms with E-state index in [2.05, 4.69) is 11.9 Å². The van der Waals surface area contributed by atoms with Gasteiger partial charge in [-0.3, -0.25) is 18.9 Å². The summed E-state index contributed by atoms with van der Waals surface area (Å²) in [4.78, 5) is 33.4. The predicted octanol–water partition coefficient (Wildman–Crippen LogP) is 6.28. The number of aryl methyl sites for hydroxylation is 2. The Hall–Kier alpha value is -2.97. The highest BCUT2D eigenvalue weighted by molar-refractivity contribution is 8.26. The number of hydrogen-bond acceptors (Lipinski definition) is 6. The zero-order chi connectivity index (χ0) is 24.9. The predicted molar refractivity (Wildman–Crippen MR) is 146 cm³/mol. The van der Waals surface area contributed by atoms with E-state index in [1.807, 2.05) is 44.2 Å². The fraction of sp³-hybridized carbons (Fsp3) is 0.333. The summed E-state index contributed by atoms with van der Waals surface area (Å²) in [6.45, 7) is 6.59. The van der Waals surface area contributed by atoms with Crippen LogP contribution in [0.2, 0.25) is 0 Å². The van der Waals surface area contributed by atoms with E-state index in [4.69, 9.17) is 17.0 Å². The molecule has 0 radical (unpaired) electrons. The molecule has 0 unspecified atom stereocenters. The number of amides is 1. The van der Waals surface area contributed by atoms with Crippen LogP contribution in [0.15, 0.2) is 52.3 Å². The number of thiocarbonyl (C=S) groups is 1. The van der Waals surface area contributed by atoms with Gasteiger partial charge in [0, 0.05) is 12.7 Å². The Morgan fingerprint density at radius 2 is 1.77 bits per heavy atom. The molecule has 1 saturated heterocycles. The van der Waals surface area contributed by atoms with Crippen LogP contribution in [0.5, 0.6) is 11.6 Å². The number of carbonyl (C=O) groups excluding carboxylic acids is 1. The number of rotatable bonds is 9. The maximum absolute atomic E-state index is 13.5. The molecule has 182 valence electrons. The van der Waals surface area contributed by atoms with Crippen LogP contribution in [0.4, 0.5) is 0 Å². The maximum atomic E-state index is 13.5. The summed E-state index contributed by atoms with van der Waals surface area (Å²) >= 11 is 6.71. The van der Waals surface area contributed by atoms with Crippen LogP contribution >= 0.6 is 24.0 Å². The minimum Gasteiger partial charge on any atom is -0.438 e. The van der Waals surface area contributed by atoms with Crippen molar-refractivity contribution < 1.29 is 9.53 Å². The zero-order valence-corrected chi connectivity index (χ0v) is 21.9. The van der Waals surface area contributed by atoms with Crippen LogP contribution in [0.3, 0.4) is 0 Å². The van der Waals surface area contributed by atoms with Crippen LogP contribution < -0.4 is 10.3 Å². The van der Waals surface area contributed by atoms with Crippen molar-refractivity contribution in [3.63, 3.8) is 0 Å². The van der Waals surface area contributed by atoms with Gasteiger partial charge >= 0.3 is 0 Å². The molecule has 8 heteroatoms. The van der Waals surface area contributed by atoms with Gasteiger partial charge in [-0.05, 0) is 49.6 Å². The van der Waals surface area contributed by atoms with Gasteiger partial charge in [0.2, 0.25) is 5.88 Å². The van der Waals surface area contributed by atoms with Crippen molar-refractivity contribution in [2.75, 3.05) is 6.54 Å². The molecule has 1 fully saturated rings. The van der Waals surface area contributed by atoms with Gasteiger partial charge in [-0.1, -0.05) is 80.9 Å². The molecule has 6 nitrogen and oxygen atoms in total. The van der Waals surface area contributed by atoms with Gasteiger partial charge in [0.15, 0.2) is 0 Å². The number of aromatic nitrogens is 2. The molecule has 0 aliphatic carbocycles. The van der Waals surface area contributed by atoms with Crippen molar-refractivity contribution in [3.05, 3.63) is 74.5 Å². The lowest BCUT2D eigenvalue weighted by Gasteiger charge is -2.14. The highest BCUT2D eigenvalue weighted by Crippen LogP contribution is 2.34. The zero-order valence-electron chi connectivity index (χ0n) is 20.2. The number of carbonyl (C=O) groups is 1. The maximum Gasteiger partial charge on any atom is 0.269 e. The fourth-order valence-corrected chi connectivity index (χ4v) is 5.26. The first-order valence-corrected chi connectivity index (χ1v) is 13.1. The standard InChI is InChI=1S/C27H29N3O3S2/c1-4-5-6-7-10-15-30-26(32)22(35-27(30)34)17-20-24(33-21-14-9-8-12-18(21)2)28-23-19(3)13-11-16-29(23)25(20)31/h8-9,11-14,16-17H,4-7,10,15H2,1-3H3/b22-17+. The monoisotopic (exact) mass is 507 g/mol. The Labute approximate surface area is 215 Å². The number of nitrogens with zero attached hydrogens (tertiary/aromatic N) is 3. The van der Waals surface area contributed by atoms with Crippen molar-refractivity contribution >= 4 is 45.9 Å². The van der Waals surface area contributed by atoms with E-state index < -0.39 is 0 Å². The number of fused-ring (bicyclic) bond motifs is 1. The van der Waals surface area contributed by atoms with E-state index in [1.54, 1.807) is 23.2 Å². The summed E-state index contributed by atoms with van der Waals surface area (Å²) in [5, 5.41) is 0. The molecule has 0 spiro atoms. The van der Waals surface area contributed by atoms with E-state index >= 15 is 0 Å². The molecular formula is C27H29N3O3S2. The minimum absolute atomic E-state index is 0.170. The first kappa shape index (κ1) is 25.1. The Balaban J connectivity index is 1.72. The Bertz CT molecular complexity index is 1360. The number of unbranched alkanes of at least 4 members (excludes halogenated alkanes) is 4. The Morgan fingerprint density at radius 1 is 1.03 bits per heavy atom. The third kappa shape index (κ3) is 5.49. The van der Waals surface area contributed by atoms with Crippen LogP contribution in [0.1, 0.15) is 55.7 Å². The number of benzene rings is 1. The first-order chi connectivity index (χ1) is 16.9. The SMILES string of the molecule is CCCCCCCN1C(=O)/C(=C\c2c(Oc3ccccc3C)nc3c(C)cccn3c2=O)SC1=S.